The van der Waals surface area contributed by atoms with Gasteiger partial charge in [0.1, 0.15) is 0 Å². The van der Waals surface area contributed by atoms with Crippen LogP contribution in [0.5, 0.6) is 0 Å². The SMILES string of the molecule is F[B-](F)(F)F.[N-]=[N+]=C1C=CC(C(F)(F)F)=CC1. The van der Waals surface area contributed by atoms with Crippen LogP contribution in [0.1, 0.15) is 6.42 Å². The molecule has 1 rings (SSSR count). The standard InChI is InChI=1S/C7H5F3N2.BF4/c8-7(9,10)5-1-3-6(12-11)4-2-5;2-1(3,4)5/h1-3H,4H2;/q;-1. The van der Waals surface area contributed by atoms with Crippen molar-refractivity contribution < 1.29 is 35.2 Å². The molecule has 0 heterocycles. The number of halogens is 7. The molecule has 0 saturated carbocycles. The fourth-order valence-corrected chi connectivity index (χ4v) is 0.821. The van der Waals surface area contributed by atoms with Crippen molar-refractivity contribution in [1.82, 2.24) is 0 Å². The largest absolute Gasteiger partial charge is 0.673 e. The summed E-state index contributed by atoms with van der Waals surface area (Å²) in [5.41, 5.74) is 7.73. The summed E-state index contributed by atoms with van der Waals surface area (Å²) >= 11 is 0. The monoisotopic (exact) mass is 261 g/mol. The van der Waals surface area contributed by atoms with Crippen LogP contribution in [-0.2, 0) is 0 Å². The van der Waals surface area contributed by atoms with Crippen LogP contribution >= 0.6 is 0 Å². The molecule has 0 unspecified atom stereocenters. The van der Waals surface area contributed by atoms with Crippen molar-refractivity contribution in [3.8, 4) is 0 Å². The molecule has 0 aromatic carbocycles. The Labute approximate surface area is 91.1 Å². The van der Waals surface area contributed by atoms with Gasteiger partial charge in [-0.1, -0.05) is 6.08 Å². The Kier molecular flexibility index (Phi) is 5.15. The maximum atomic E-state index is 12.0. The van der Waals surface area contributed by atoms with E-state index in [2.05, 4.69) is 4.79 Å². The molecule has 1 aliphatic rings. The second-order valence-corrected chi connectivity index (χ2v) is 2.78. The number of allylic oxidation sites excluding steroid dienone is 4. The molecular formula is C7H5BF7N2-. The van der Waals surface area contributed by atoms with E-state index in [0.717, 1.165) is 18.2 Å². The molecule has 0 N–H and O–H groups in total. The van der Waals surface area contributed by atoms with E-state index in [1.165, 1.54) is 0 Å². The number of rotatable bonds is 0. The molecule has 0 aromatic heterocycles. The maximum absolute atomic E-state index is 12.0. The summed E-state index contributed by atoms with van der Waals surface area (Å²) in [6.45, 7) is 0. The van der Waals surface area contributed by atoms with Gasteiger partial charge in [-0.15, -0.1) is 0 Å². The molecule has 0 saturated heterocycles. The van der Waals surface area contributed by atoms with Gasteiger partial charge in [-0.25, -0.2) is 0 Å². The Morgan fingerprint density at radius 1 is 1.12 bits per heavy atom. The number of hydrogen-bond acceptors (Lipinski definition) is 0. The van der Waals surface area contributed by atoms with Crippen LogP contribution < -0.4 is 0 Å². The second kappa shape index (κ2) is 5.67. The Morgan fingerprint density at radius 2 is 1.59 bits per heavy atom. The number of hydrogen-bond donors (Lipinski definition) is 0. The lowest BCUT2D eigenvalue weighted by Crippen LogP contribution is -2.13. The smallest absolute Gasteiger partial charge is 0.418 e. The van der Waals surface area contributed by atoms with Gasteiger partial charge >= 0.3 is 13.4 Å². The van der Waals surface area contributed by atoms with Crippen LogP contribution in [0.4, 0.5) is 30.4 Å². The van der Waals surface area contributed by atoms with Gasteiger partial charge in [0.2, 0.25) is 0 Å². The predicted molar refractivity (Wildman–Crippen MR) is 46.7 cm³/mol. The minimum Gasteiger partial charge on any atom is -0.418 e. The van der Waals surface area contributed by atoms with Crippen molar-refractivity contribution in [1.29, 1.82) is 0 Å². The summed E-state index contributed by atoms with van der Waals surface area (Å²) in [7, 11) is -6.00. The van der Waals surface area contributed by atoms with E-state index < -0.39 is 19.0 Å². The highest BCUT2D eigenvalue weighted by molar-refractivity contribution is 6.50. The van der Waals surface area contributed by atoms with Crippen LogP contribution in [-0.4, -0.2) is 23.9 Å². The topological polar surface area (TPSA) is 36.4 Å². The fourth-order valence-electron chi connectivity index (χ4n) is 0.821. The average molecular weight is 261 g/mol. The normalized spacial score (nSPS) is 15.7. The third kappa shape index (κ3) is 8.26. The van der Waals surface area contributed by atoms with Crippen LogP contribution in [0, 0.1) is 0 Å². The maximum Gasteiger partial charge on any atom is 0.673 e. The molecule has 0 aliphatic heterocycles. The van der Waals surface area contributed by atoms with E-state index in [0.29, 0.717) is 0 Å². The highest BCUT2D eigenvalue weighted by atomic mass is 19.5. The highest BCUT2D eigenvalue weighted by Gasteiger charge is 2.33. The van der Waals surface area contributed by atoms with Crippen molar-refractivity contribution in [3.63, 3.8) is 0 Å². The van der Waals surface area contributed by atoms with E-state index in [1.54, 1.807) is 0 Å². The third-order valence-electron chi connectivity index (χ3n) is 1.44. The first-order chi connectivity index (χ1) is 7.54. The average Bonchev–Trinajstić information content (AvgIpc) is 2.14. The first-order valence-corrected chi connectivity index (χ1v) is 4.07. The third-order valence-corrected chi connectivity index (χ3v) is 1.44. The summed E-state index contributed by atoms with van der Waals surface area (Å²) in [6, 6.07) is 0. The Hall–Kier alpha value is -1.57. The van der Waals surface area contributed by atoms with Gasteiger partial charge < -0.3 is 22.8 Å². The Bertz CT molecular complexity index is 367. The zero-order valence-corrected chi connectivity index (χ0v) is 8.06. The molecule has 0 bridgehead atoms. The number of alkyl halides is 3. The van der Waals surface area contributed by atoms with E-state index in [-0.39, 0.29) is 12.1 Å². The summed E-state index contributed by atoms with van der Waals surface area (Å²) in [5.74, 6) is 0. The minimum absolute atomic E-state index is 0.0157. The second-order valence-electron chi connectivity index (χ2n) is 2.78. The van der Waals surface area contributed by atoms with Gasteiger partial charge in [0, 0.05) is 6.08 Å². The molecule has 0 radical (unpaired) electrons. The summed E-state index contributed by atoms with van der Waals surface area (Å²) in [4.78, 5) is 2.78. The zero-order valence-electron chi connectivity index (χ0n) is 8.06. The Balaban J connectivity index is 0.000000437. The van der Waals surface area contributed by atoms with Crippen molar-refractivity contribution in [2.75, 3.05) is 0 Å². The van der Waals surface area contributed by atoms with Crippen LogP contribution in [0.15, 0.2) is 23.8 Å². The lowest BCUT2D eigenvalue weighted by atomic mass is 10.1. The van der Waals surface area contributed by atoms with Crippen molar-refractivity contribution in [2.24, 2.45) is 0 Å². The Morgan fingerprint density at radius 3 is 1.82 bits per heavy atom. The molecule has 17 heavy (non-hydrogen) atoms. The molecule has 0 fully saturated rings. The minimum atomic E-state index is -6.00. The van der Waals surface area contributed by atoms with E-state index in [1.807, 2.05) is 0 Å². The van der Waals surface area contributed by atoms with Gasteiger partial charge in [-0.3, -0.25) is 0 Å². The first kappa shape index (κ1) is 15.4. The van der Waals surface area contributed by atoms with Crippen molar-refractivity contribution in [2.45, 2.75) is 12.6 Å². The van der Waals surface area contributed by atoms with Crippen LogP contribution in [0.2, 0.25) is 0 Å². The number of nitrogens with zero attached hydrogens (tertiary/aromatic N) is 2. The summed E-state index contributed by atoms with van der Waals surface area (Å²) in [5, 5.41) is 0. The van der Waals surface area contributed by atoms with Crippen LogP contribution in [0.25, 0.3) is 5.53 Å². The van der Waals surface area contributed by atoms with E-state index in [9.17, 15) is 30.4 Å². The molecule has 10 heteroatoms. The fraction of sp³-hybridized carbons (Fsp3) is 0.286. The predicted octanol–water partition coefficient (Wildman–Crippen LogP) is 3.41. The molecule has 96 valence electrons. The van der Waals surface area contributed by atoms with Gasteiger partial charge in [-0.05, 0) is 6.08 Å². The molecule has 0 amide bonds. The van der Waals surface area contributed by atoms with E-state index >= 15 is 0 Å². The highest BCUT2D eigenvalue weighted by Crippen LogP contribution is 2.28. The van der Waals surface area contributed by atoms with Crippen molar-refractivity contribution >= 4 is 13.0 Å². The first-order valence-electron chi connectivity index (χ1n) is 4.07. The quantitative estimate of drug-likeness (QED) is 0.277. The van der Waals surface area contributed by atoms with Crippen molar-refractivity contribution in [3.05, 3.63) is 29.3 Å². The molecular weight excluding hydrogens is 256 g/mol. The van der Waals surface area contributed by atoms with E-state index in [4.69, 9.17) is 5.53 Å². The molecule has 0 spiro atoms. The lowest BCUT2D eigenvalue weighted by molar-refractivity contribution is -0.0885. The van der Waals surface area contributed by atoms with Gasteiger partial charge in [0.05, 0.1) is 12.0 Å². The summed E-state index contributed by atoms with van der Waals surface area (Å²) in [6.07, 6.45) is -1.28. The molecule has 2 nitrogen and oxygen atoms in total. The van der Waals surface area contributed by atoms with Gasteiger partial charge in [0.15, 0.2) is 0 Å². The van der Waals surface area contributed by atoms with Crippen LogP contribution in [0.3, 0.4) is 0 Å². The van der Waals surface area contributed by atoms with Gasteiger partial charge in [-0.2, -0.15) is 18.0 Å². The molecule has 0 aromatic rings. The molecule has 1 aliphatic carbocycles. The summed E-state index contributed by atoms with van der Waals surface area (Å²) < 4.78 is 74.9. The zero-order chi connectivity index (χ0) is 13.7. The lowest BCUT2D eigenvalue weighted by Gasteiger charge is -2.08. The van der Waals surface area contributed by atoms with Gasteiger partial charge in [0.25, 0.3) is 5.71 Å². The molecule has 0 atom stereocenters.